The van der Waals surface area contributed by atoms with Crippen molar-refractivity contribution in [2.24, 2.45) is 5.73 Å². The largest absolute Gasteiger partial charge is 0.377 e. The molecule has 0 aromatic carbocycles. The van der Waals surface area contributed by atoms with E-state index in [2.05, 4.69) is 0 Å². The maximum absolute atomic E-state index is 12.0. The van der Waals surface area contributed by atoms with Gasteiger partial charge in [-0.15, -0.1) is 0 Å². The fourth-order valence-corrected chi connectivity index (χ4v) is 4.04. The highest BCUT2D eigenvalue weighted by Gasteiger charge is 2.44. The fourth-order valence-electron chi connectivity index (χ4n) is 2.19. The first kappa shape index (κ1) is 12.3. The molecule has 94 valence electrons. The van der Waals surface area contributed by atoms with Crippen LogP contribution in [0.5, 0.6) is 0 Å². The average molecular weight is 248 g/mol. The van der Waals surface area contributed by atoms with Crippen LogP contribution in [0.3, 0.4) is 0 Å². The summed E-state index contributed by atoms with van der Waals surface area (Å²) in [4.78, 5) is 0. The van der Waals surface area contributed by atoms with Gasteiger partial charge < -0.3 is 10.5 Å². The predicted molar refractivity (Wildman–Crippen MR) is 61.5 cm³/mol. The molecular weight excluding hydrogens is 228 g/mol. The molecule has 2 aliphatic rings. The van der Waals surface area contributed by atoms with Gasteiger partial charge in [0.05, 0.1) is 11.9 Å². The first-order valence-corrected chi connectivity index (χ1v) is 7.44. The van der Waals surface area contributed by atoms with E-state index >= 15 is 0 Å². The lowest BCUT2D eigenvalue weighted by Crippen LogP contribution is -2.68. The molecule has 0 aromatic heterocycles. The van der Waals surface area contributed by atoms with Crippen molar-refractivity contribution >= 4 is 10.0 Å². The van der Waals surface area contributed by atoms with Crippen LogP contribution in [-0.2, 0) is 14.8 Å². The van der Waals surface area contributed by atoms with E-state index in [0.29, 0.717) is 19.7 Å². The number of hydrogen-bond donors (Lipinski definition) is 1. The smallest absolute Gasteiger partial charge is 0.216 e. The molecule has 0 bridgehead atoms. The highest BCUT2D eigenvalue weighted by atomic mass is 32.2. The Bertz CT molecular complexity index is 343. The number of hydrogen-bond acceptors (Lipinski definition) is 4. The summed E-state index contributed by atoms with van der Waals surface area (Å²) in [6, 6.07) is 0. The lowest BCUT2D eigenvalue weighted by molar-refractivity contribution is 0.120. The Labute approximate surface area is 97.0 Å². The van der Waals surface area contributed by atoms with Gasteiger partial charge in [0.2, 0.25) is 10.0 Å². The quantitative estimate of drug-likeness (QED) is 0.755. The standard InChI is InChI=1S/C10H20N2O3S/c1-2-10(11)7-12(8-10)16(13,14)6-9-4-3-5-15-9/h9H,2-8,11H2,1H3. The SMILES string of the molecule is CCC1(N)CN(S(=O)(=O)CC2CCCO2)C1. The normalized spacial score (nSPS) is 30.2. The maximum Gasteiger partial charge on any atom is 0.216 e. The van der Waals surface area contributed by atoms with Crippen LogP contribution in [0.1, 0.15) is 26.2 Å². The minimum Gasteiger partial charge on any atom is -0.377 e. The van der Waals surface area contributed by atoms with Gasteiger partial charge in [0, 0.05) is 25.2 Å². The minimum atomic E-state index is -3.16. The van der Waals surface area contributed by atoms with Crippen LogP contribution in [0, 0.1) is 0 Å². The van der Waals surface area contributed by atoms with Crippen molar-refractivity contribution in [3.63, 3.8) is 0 Å². The Morgan fingerprint density at radius 3 is 2.69 bits per heavy atom. The molecule has 0 aliphatic carbocycles. The molecule has 0 amide bonds. The highest BCUT2D eigenvalue weighted by Crippen LogP contribution is 2.26. The molecule has 2 rings (SSSR count). The third kappa shape index (κ3) is 2.40. The maximum atomic E-state index is 12.0. The number of nitrogens with zero attached hydrogens (tertiary/aromatic N) is 1. The zero-order valence-corrected chi connectivity index (χ0v) is 10.5. The van der Waals surface area contributed by atoms with Crippen molar-refractivity contribution in [2.45, 2.75) is 37.8 Å². The Morgan fingerprint density at radius 1 is 1.50 bits per heavy atom. The summed E-state index contributed by atoms with van der Waals surface area (Å²) in [5.41, 5.74) is 5.66. The third-order valence-corrected chi connectivity index (χ3v) is 5.34. The second-order valence-corrected chi connectivity index (χ2v) is 6.91. The third-order valence-electron chi connectivity index (χ3n) is 3.50. The lowest BCUT2D eigenvalue weighted by Gasteiger charge is -2.46. The van der Waals surface area contributed by atoms with E-state index in [4.69, 9.17) is 10.5 Å². The molecule has 1 unspecified atom stereocenters. The fraction of sp³-hybridized carbons (Fsp3) is 1.00. The zero-order valence-electron chi connectivity index (χ0n) is 9.68. The predicted octanol–water partition coefficient (Wildman–Crippen LogP) is -0.0817. The Hall–Kier alpha value is -0.170. The molecule has 2 heterocycles. The van der Waals surface area contributed by atoms with Crippen LogP contribution >= 0.6 is 0 Å². The molecule has 6 heteroatoms. The topological polar surface area (TPSA) is 72.6 Å². The molecule has 2 saturated heterocycles. The van der Waals surface area contributed by atoms with Crippen molar-refractivity contribution in [3.05, 3.63) is 0 Å². The lowest BCUT2D eigenvalue weighted by atomic mass is 9.91. The molecule has 2 aliphatic heterocycles. The molecule has 0 saturated carbocycles. The van der Waals surface area contributed by atoms with Crippen LogP contribution in [0.2, 0.25) is 0 Å². The average Bonchev–Trinajstić information content (AvgIpc) is 2.64. The molecule has 2 fully saturated rings. The van der Waals surface area contributed by atoms with Gasteiger partial charge in [0.15, 0.2) is 0 Å². The van der Waals surface area contributed by atoms with Gasteiger partial charge in [0.1, 0.15) is 0 Å². The Balaban J connectivity index is 1.89. The van der Waals surface area contributed by atoms with Crippen molar-refractivity contribution in [3.8, 4) is 0 Å². The van der Waals surface area contributed by atoms with Gasteiger partial charge >= 0.3 is 0 Å². The van der Waals surface area contributed by atoms with Crippen molar-refractivity contribution in [2.75, 3.05) is 25.4 Å². The number of sulfonamides is 1. The van der Waals surface area contributed by atoms with Gasteiger partial charge in [-0.05, 0) is 19.3 Å². The van der Waals surface area contributed by atoms with Crippen molar-refractivity contribution < 1.29 is 13.2 Å². The van der Waals surface area contributed by atoms with Crippen LogP contribution in [-0.4, -0.2) is 49.8 Å². The van der Waals surface area contributed by atoms with Gasteiger partial charge in [0.25, 0.3) is 0 Å². The zero-order chi connectivity index (χ0) is 11.8. The summed E-state index contributed by atoms with van der Waals surface area (Å²) in [6.07, 6.45) is 2.53. The highest BCUT2D eigenvalue weighted by molar-refractivity contribution is 7.89. The van der Waals surface area contributed by atoms with Gasteiger partial charge in [-0.25, -0.2) is 8.42 Å². The summed E-state index contributed by atoms with van der Waals surface area (Å²) in [5.74, 6) is 0.118. The molecule has 0 aromatic rings. The van der Waals surface area contributed by atoms with Crippen LogP contribution in [0.25, 0.3) is 0 Å². The number of ether oxygens (including phenoxy) is 1. The van der Waals surface area contributed by atoms with Gasteiger partial charge in [-0.3, -0.25) is 0 Å². The van der Waals surface area contributed by atoms with Gasteiger partial charge in [-0.2, -0.15) is 4.31 Å². The molecule has 0 spiro atoms. The van der Waals surface area contributed by atoms with E-state index in [0.717, 1.165) is 19.3 Å². The van der Waals surface area contributed by atoms with Crippen molar-refractivity contribution in [1.82, 2.24) is 4.31 Å². The van der Waals surface area contributed by atoms with E-state index in [-0.39, 0.29) is 17.4 Å². The molecule has 16 heavy (non-hydrogen) atoms. The van der Waals surface area contributed by atoms with Gasteiger partial charge in [-0.1, -0.05) is 6.92 Å². The summed E-state index contributed by atoms with van der Waals surface area (Å²) in [6.45, 7) is 3.59. The second-order valence-electron chi connectivity index (χ2n) is 4.90. The molecule has 1 atom stereocenters. The Morgan fingerprint density at radius 2 is 2.19 bits per heavy atom. The second kappa shape index (κ2) is 4.25. The minimum absolute atomic E-state index is 0.112. The molecule has 5 nitrogen and oxygen atoms in total. The summed E-state index contributed by atoms with van der Waals surface area (Å²) < 4.78 is 30.8. The van der Waals surface area contributed by atoms with Crippen LogP contribution in [0.4, 0.5) is 0 Å². The van der Waals surface area contributed by atoms with E-state index in [1.807, 2.05) is 6.92 Å². The first-order valence-electron chi connectivity index (χ1n) is 5.83. The summed E-state index contributed by atoms with van der Waals surface area (Å²) in [5, 5.41) is 0. The number of nitrogens with two attached hydrogens (primary N) is 1. The van der Waals surface area contributed by atoms with Crippen LogP contribution in [0.15, 0.2) is 0 Å². The van der Waals surface area contributed by atoms with E-state index in [1.165, 1.54) is 4.31 Å². The molecule has 0 radical (unpaired) electrons. The first-order chi connectivity index (χ1) is 7.45. The monoisotopic (exact) mass is 248 g/mol. The molecular formula is C10H20N2O3S. The molecule has 2 N–H and O–H groups in total. The van der Waals surface area contributed by atoms with E-state index < -0.39 is 10.0 Å². The van der Waals surface area contributed by atoms with Crippen molar-refractivity contribution in [1.29, 1.82) is 0 Å². The Kier molecular flexibility index (Phi) is 3.27. The summed E-state index contributed by atoms with van der Waals surface area (Å²) >= 11 is 0. The van der Waals surface area contributed by atoms with E-state index in [9.17, 15) is 8.42 Å². The van der Waals surface area contributed by atoms with Crippen LogP contribution < -0.4 is 5.73 Å². The number of rotatable bonds is 4. The van der Waals surface area contributed by atoms with E-state index in [1.54, 1.807) is 0 Å². The summed E-state index contributed by atoms with van der Waals surface area (Å²) in [7, 11) is -3.16.